The minimum atomic E-state index is -0.260. The van der Waals surface area contributed by atoms with Gasteiger partial charge >= 0.3 is 0 Å². The monoisotopic (exact) mass is 314 g/mol. The average Bonchev–Trinajstić information content (AvgIpc) is 2.73. The molecule has 1 aromatic heterocycles. The number of nitrogens with zero attached hydrogens (tertiary/aromatic N) is 1. The summed E-state index contributed by atoms with van der Waals surface area (Å²) in [5.41, 5.74) is 2.79. The Kier molecular flexibility index (Phi) is 4.45. The van der Waals surface area contributed by atoms with Crippen molar-refractivity contribution >= 4 is 45.6 Å². The molecule has 0 fully saturated rings. The Bertz CT molecular complexity index is 625. The molecule has 2 aromatic rings. The van der Waals surface area contributed by atoms with Crippen LogP contribution in [-0.4, -0.2) is 16.8 Å². The first-order valence-corrected chi connectivity index (χ1v) is 7.34. The molecule has 2 rings (SSSR count). The molecule has 6 heteroatoms. The van der Waals surface area contributed by atoms with Gasteiger partial charge in [0.05, 0.1) is 5.69 Å². The van der Waals surface area contributed by atoms with Crippen LogP contribution in [0, 0.1) is 13.8 Å². The summed E-state index contributed by atoms with van der Waals surface area (Å²) in [6.45, 7) is 3.91. The number of carbonyl (C=O) groups is 1. The van der Waals surface area contributed by atoms with E-state index in [4.69, 9.17) is 23.2 Å². The molecule has 0 saturated heterocycles. The van der Waals surface area contributed by atoms with E-state index in [9.17, 15) is 4.79 Å². The van der Waals surface area contributed by atoms with Gasteiger partial charge in [-0.1, -0.05) is 23.7 Å². The number of nitrogens with one attached hydrogen (secondary N) is 1. The first kappa shape index (κ1) is 14.3. The van der Waals surface area contributed by atoms with Gasteiger partial charge in [-0.3, -0.25) is 4.79 Å². The summed E-state index contributed by atoms with van der Waals surface area (Å²) < 4.78 is 0. The van der Waals surface area contributed by atoms with Crippen LogP contribution in [0.3, 0.4) is 0 Å². The van der Waals surface area contributed by atoms with Gasteiger partial charge in [0.15, 0.2) is 5.13 Å². The highest BCUT2D eigenvalue weighted by molar-refractivity contribution is 7.16. The van der Waals surface area contributed by atoms with Crippen molar-refractivity contribution in [2.75, 3.05) is 11.2 Å². The number of rotatable bonds is 3. The minimum absolute atomic E-state index is 0.0790. The Labute approximate surface area is 125 Å². The molecule has 0 aliphatic heterocycles. The van der Waals surface area contributed by atoms with E-state index in [1.54, 1.807) is 0 Å². The zero-order valence-electron chi connectivity index (χ0n) is 10.5. The fourth-order valence-corrected chi connectivity index (χ4v) is 2.71. The lowest BCUT2D eigenvalue weighted by atomic mass is 10.1. The van der Waals surface area contributed by atoms with E-state index in [1.165, 1.54) is 11.3 Å². The highest BCUT2D eigenvalue weighted by Gasteiger charge is 2.12. The lowest BCUT2D eigenvalue weighted by Gasteiger charge is -2.02. The first-order valence-electron chi connectivity index (χ1n) is 5.61. The second-order valence-corrected chi connectivity index (χ2v) is 5.95. The molecule has 0 radical (unpaired) electrons. The predicted molar refractivity (Wildman–Crippen MR) is 81.4 cm³/mol. The molecule has 0 atom stereocenters. The van der Waals surface area contributed by atoms with Crippen molar-refractivity contribution in [3.05, 3.63) is 33.7 Å². The van der Waals surface area contributed by atoms with E-state index in [2.05, 4.69) is 10.3 Å². The number of hydrogen-bond donors (Lipinski definition) is 1. The molecule has 0 aliphatic carbocycles. The Hall–Kier alpha value is -1.10. The Morgan fingerprint density at radius 2 is 2.16 bits per heavy atom. The predicted octanol–water partition coefficient (Wildman–Crippen LogP) is 4.26. The lowest BCUT2D eigenvalue weighted by molar-refractivity contribution is -0.113. The molecule has 1 heterocycles. The number of aryl methyl sites for hydroxylation is 2. The highest BCUT2D eigenvalue weighted by atomic mass is 35.5. The number of alkyl halides is 1. The standard InChI is InChI=1S/C13H12Cl2N2OS/c1-7-3-4-9(5-10(7)15)12-8(2)19-13(17-12)16-11(18)6-14/h3-5H,6H2,1-2H3,(H,16,17,18). The van der Waals surface area contributed by atoms with Gasteiger partial charge in [-0.15, -0.1) is 22.9 Å². The van der Waals surface area contributed by atoms with Crippen LogP contribution in [0.1, 0.15) is 10.4 Å². The third-order valence-electron chi connectivity index (χ3n) is 2.61. The number of thiazole rings is 1. The van der Waals surface area contributed by atoms with Gasteiger partial charge in [0, 0.05) is 15.5 Å². The SMILES string of the molecule is Cc1ccc(-c2nc(NC(=O)CCl)sc2C)cc1Cl. The molecule has 3 nitrogen and oxygen atoms in total. The van der Waals surface area contributed by atoms with Gasteiger partial charge in [0.25, 0.3) is 0 Å². The summed E-state index contributed by atoms with van der Waals surface area (Å²) in [5.74, 6) is -0.339. The molecular formula is C13H12Cl2N2OS. The fraction of sp³-hybridized carbons (Fsp3) is 0.231. The maximum Gasteiger partial charge on any atom is 0.241 e. The molecule has 1 amide bonds. The van der Waals surface area contributed by atoms with Crippen LogP contribution in [0.5, 0.6) is 0 Å². The van der Waals surface area contributed by atoms with Crippen LogP contribution in [0.15, 0.2) is 18.2 Å². The van der Waals surface area contributed by atoms with E-state index in [0.717, 1.165) is 21.7 Å². The normalized spacial score (nSPS) is 10.5. The van der Waals surface area contributed by atoms with Crippen LogP contribution in [0.4, 0.5) is 5.13 Å². The molecule has 0 unspecified atom stereocenters. The number of benzene rings is 1. The molecule has 0 spiro atoms. The van der Waals surface area contributed by atoms with Crippen LogP contribution >= 0.6 is 34.5 Å². The average molecular weight is 315 g/mol. The number of halogens is 2. The third-order valence-corrected chi connectivity index (χ3v) is 4.15. The number of hydrogen-bond acceptors (Lipinski definition) is 3. The third kappa shape index (κ3) is 3.26. The Morgan fingerprint density at radius 1 is 1.42 bits per heavy atom. The van der Waals surface area contributed by atoms with Crippen molar-refractivity contribution in [1.29, 1.82) is 0 Å². The van der Waals surface area contributed by atoms with E-state index >= 15 is 0 Å². The molecule has 0 aliphatic rings. The lowest BCUT2D eigenvalue weighted by Crippen LogP contribution is -2.12. The van der Waals surface area contributed by atoms with Crippen LogP contribution in [-0.2, 0) is 4.79 Å². The van der Waals surface area contributed by atoms with Crippen molar-refractivity contribution in [2.24, 2.45) is 0 Å². The molecule has 0 saturated carbocycles. The van der Waals surface area contributed by atoms with Crippen LogP contribution in [0.2, 0.25) is 5.02 Å². The maximum absolute atomic E-state index is 11.2. The van der Waals surface area contributed by atoms with E-state index in [0.29, 0.717) is 10.2 Å². The minimum Gasteiger partial charge on any atom is -0.301 e. The summed E-state index contributed by atoms with van der Waals surface area (Å²) >= 11 is 13.0. The first-order chi connectivity index (χ1) is 9.01. The van der Waals surface area contributed by atoms with Gasteiger partial charge in [-0.25, -0.2) is 4.98 Å². The topological polar surface area (TPSA) is 42.0 Å². The van der Waals surface area contributed by atoms with Crippen molar-refractivity contribution in [3.8, 4) is 11.3 Å². The largest absolute Gasteiger partial charge is 0.301 e. The summed E-state index contributed by atoms with van der Waals surface area (Å²) in [4.78, 5) is 16.7. The number of anilines is 1. The van der Waals surface area contributed by atoms with Crippen molar-refractivity contribution in [1.82, 2.24) is 4.98 Å². The van der Waals surface area contributed by atoms with E-state index in [-0.39, 0.29) is 11.8 Å². The van der Waals surface area contributed by atoms with Gasteiger partial charge in [-0.2, -0.15) is 0 Å². The van der Waals surface area contributed by atoms with Crippen molar-refractivity contribution < 1.29 is 4.79 Å². The Morgan fingerprint density at radius 3 is 2.79 bits per heavy atom. The van der Waals surface area contributed by atoms with Crippen molar-refractivity contribution in [2.45, 2.75) is 13.8 Å². The van der Waals surface area contributed by atoms with Gasteiger partial charge in [-0.05, 0) is 25.5 Å². The smallest absolute Gasteiger partial charge is 0.241 e. The molecule has 0 bridgehead atoms. The number of carbonyl (C=O) groups excluding carboxylic acids is 1. The highest BCUT2D eigenvalue weighted by Crippen LogP contribution is 2.32. The van der Waals surface area contributed by atoms with E-state index in [1.807, 2.05) is 32.0 Å². The van der Waals surface area contributed by atoms with Crippen molar-refractivity contribution in [3.63, 3.8) is 0 Å². The molecule has 19 heavy (non-hydrogen) atoms. The van der Waals surface area contributed by atoms with Gasteiger partial charge in [0.2, 0.25) is 5.91 Å². The number of amides is 1. The second-order valence-electron chi connectivity index (χ2n) is 4.07. The summed E-state index contributed by atoms with van der Waals surface area (Å²) in [6.07, 6.45) is 0. The maximum atomic E-state index is 11.2. The van der Waals surface area contributed by atoms with Gasteiger partial charge < -0.3 is 5.32 Å². The molecular weight excluding hydrogens is 303 g/mol. The van der Waals surface area contributed by atoms with Crippen LogP contribution < -0.4 is 5.32 Å². The van der Waals surface area contributed by atoms with Crippen LogP contribution in [0.25, 0.3) is 11.3 Å². The quantitative estimate of drug-likeness (QED) is 0.860. The zero-order chi connectivity index (χ0) is 14.0. The summed E-state index contributed by atoms with van der Waals surface area (Å²) in [7, 11) is 0. The van der Waals surface area contributed by atoms with E-state index < -0.39 is 0 Å². The van der Waals surface area contributed by atoms with Gasteiger partial charge in [0.1, 0.15) is 5.88 Å². The fourth-order valence-electron chi connectivity index (χ4n) is 1.61. The molecule has 1 aromatic carbocycles. The summed E-state index contributed by atoms with van der Waals surface area (Å²) in [5, 5.41) is 3.91. The Balaban J connectivity index is 2.34. The summed E-state index contributed by atoms with van der Waals surface area (Å²) in [6, 6.07) is 5.80. The number of aromatic nitrogens is 1. The zero-order valence-corrected chi connectivity index (χ0v) is 12.8. The molecule has 1 N–H and O–H groups in total. The molecule has 100 valence electrons. The second kappa shape index (κ2) is 5.90.